The maximum absolute atomic E-state index is 12.5. The van der Waals surface area contributed by atoms with Gasteiger partial charge in [-0.2, -0.15) is 0 Å². The fourth-order valence-corrected chi connectivity index (χ4v) is 3.51. The van der Waals surface area contributed by atoms with Gasteiger partial charge in [-0.3, -0.25) is 19.7 Å². The van der Waals surface area contributed by atoms with E-state index in [1.807, 2.05) is 6.07 Å². The first kappa shape index (κ1) is 20.2. The second kappa shape index (κ2) is 8.68. The summed E-state index contributed by atoms with van der Waals surface area (Å²) >= 11 is 0. The Bertz CT molecular complexity index is 938. The van der Waals surface area contributed by atoms with E-state index in [9.17, 15) is 19.7 Å². The molecule has 9 heteroatoms. The van der Waals surface area contributed by atoms with Gasteiger partial charge in [-0.15, -0.1) is 0 Å². The number of aromatic nitrogens is 1. The van der Waals surface area contributed by atoms with Crippen molar-refractivity contribution in [2.45, 2.75) is 26.3 Å². The second-order valence-electron chi connectivity index (χ2n) is 7.09. The van der Waals surface area contributed by atoms with E-state index >= 15 is 0 Å². The fraction of sp³-hybridized carbons (Fsp3) is 0.350. The molecule has 3 rings (SSSR count). The second-order valence-corrected chi connectivity index (χ2v) is 7.09. The molecule has 1 aliphatic heterocycles. The number of benzene rings is 1. The van der Waals surface area contributed by atoms with E-state index in [0.717, 1.165) is 11.4 Å². The molecule has 0 aliphatic carbocycles. The number of nitrogens with zero attached hydrogens (tertiary/aromatic N) is 3. The molecule has 0 bridgehead atoms. The Hall–Kier alpha value is -3.49. The third-order valence-electron chi connectivity index (χ3n) is 5.16. The molecule has 9 nitrogen and oxygen atoms in total. The van der Waals surface area contributed by atoms with E-state index in [-0.39, 0.29) is 30.0 Å². The van der Waals surface area contributed by atoms with Crippen molar-refractivity contribution in [1.29, 1.82) is 0 Å². The van der Waals surface area contributed by atoms with Crippen LogP contribution >= 0.6 is 0 Å². The molecule has 1 fully saturated rings. The standard InChI is InChI=1S/C20H23N5O4/c1-13-11-15(4-5-17(13)25(28)29)20(27)23-12-16-3-2-8-22-19(16)24-9-6-14(7-10-24)18(21)26/h2-5,8,11,14H,6-7,9-10,12H2,1H3,(H2,21,26)(H,23,27). The Labute approximate surface area is 168 Å². The Morgan fingerprint density at radius 2 is 2.03 bits per heavy atom. The van der Waals surface area contributed by atoms with E-state index in [4.69, 9.17) is 5.73 Å². The van der Waals surface area contributed by atoms with Crippen LogP contribution in [0.2, 0.25) is 0 Å². The van der Waals surface area contributed by atoms with Gasteiger partial charge in [-0.25, -0.2) is 4.98 Å². The minimum Gasteiger partial charge on any atom is -0.369 e. The summed E-state index contributed by atoms with van der Waals surface area (Å²) in [5, 5.41) is 13.8. The molecule has 2 heterocycles. The van der Waals surface area contributed by atoms with Crippen molar-refractivity contribution in [1.82, 2.24) is 10.3 Å². The molecule has 1 aliphatic rings. The molecule has 1 aromatic carbocycles. The van der Waals surface area contributed by atoms with Gasteiger partial charge in [0.15, 0.2) is 0 Å². The highest BCUT2D eigenvalue weighted by molar-refractivity contribution is 5.94. The Morgan fingerprint density at radius 1 is 1.31 bits per heavy atom. The van der Waals surface area contributed by atoms with E-state index in [0.29, 0.717) is 37.1 Å². The van der Waals surface area contributed by atoms with Crippen LogP contribution in [0.1, 0.15) is 34.3 Å². The molecule has 0 saturated carbocycles. The number of nitrogens with one attached hydrogen (secondary N) is 1. The van der Waals surface area contributed by atoms with Crippen molar-refractivity contribution >= 4 is 23.3 Å². The van der Waals surface area contributed by atoms with Crippen LogP contribution in [0.5, 0.6) is 0 Å². The number of nitro groups is 1. The molecule has 1 saturated heterocycles. The summed E-state index contributed by atoms with van der Waals surface area (Å²) in [6.45, 7) is 3.22. The first-order valence-electron chi connectivity index (χ1n) is 9.38. The quantitative estimate of drug-likeness (QED) is 0.565. The Morgan fingerprint density at radius 3 is 2.66 bits per heavy atom. The molecular formula is C20H23N5O4. The molecule has 3 N–H and O–H groups in total. The molecule has 152 valence electrons. The molecule has 0 atom stereocenters. The first-order valence-corrected chi connectivity index (χ1v) is 9.38. The summed E-state index contributed by atoms with van der Waals surface area (Å²) in [5.41, 5.74) is 7.03. The lowest BCUT2D eigenvalue weighted by molar-refractivity contribution is -0.385. The molecule has 0 unspecified atom stereocenters. The van der Waals surface area contributed by atoms with Gasteiger partial charge in [0.25, 0.3) is 11.6 Å². The average molecular weight is 397 g/mol. The van der Waals surface area contributed by atoms with Crippen molar-refractivity contribution in [3.05, 3.63) is 63.3 Å². The van der Waals surface area contributed by atoms with Gasteiger partial charge in [-0.1, -0.05) is 6.07 Å². The van der Waals surface area contributed by atoms with E-state index in [1.165, 1.54) is 18.2 Å². The van der Waals surface area contributed by atoms with Gasteiger partial charge in [0.1, 0.15) is 5.82 Å². The van der Waals surface area contributed by atoms with Gasteiger partial charge in [0.2, 0.25) is 5.91 Å². The lowest BCUT2D eigenvalue weighted by atomic mass is 9.96. The van der Waals surface area contributed by atoms with Crippen LogP contribution in [0.25, 0.3) is 0 Å². The van der Waals surface area contributed by atoms with Gasteiger partial charge in [0.05, 0.1) is 4.92 Å². The monoisotopic (exact) mass is 397 g/mol. The molecule has 29 heavy (non-hydrogen) atoms. The maximum Gasteiger partial charge on any atom is 0.272 e. The van der Waals surface area contributed by atoms with Crippen LogP contribution in [-0.4, -0.2) is 34.8 Å². The van der Waals surface area contributed by atoms with Gasteiger partial charge in [0, 0.05) is 54.5 Å². The lowest BCUT2D eigenvalue weighted by Crippen LogP contribution is -2.39. The number of hydrogen-bond acceptors (Lipinski definition) is 6. The highest BCUT2D eigenvalue weighted by Crippen LogP contribution is 2.24. The zero-order valence-electron chi connectivity index (χ0n) is 16.1. The number of aryl methyl sites for hydroxylation is 1. The third-order valence-corrected chi connectivity index (χ3v) is 5.16. The van der Waals surface area contributed by atoms with Crippen LogP contribution in [0, 0.1) is 23.0 Å². The summed E-state index contributed by atoms with van der Waals surface area (Å²) in [6, 6.07) is 7.98. The number of rotatable bonds is 6. The molecule has 1 aromatic heterocycles. The molecule has 0 spiro atoms. The average Bonchev–Trinajstić information content (AvgIpc) is 2.72. The third kappa shape index (κ3) is 4.68. The van der Waals surface area contributed by atoms with Crippen molar-refractivity contribution < 1.29 is 14.5 Å². The summed E-state index contributed by atoms with van der Waals surface area (Å²) in [7, 11) is 0. The predicted octanol–water partition coefficient (Wildman–Crippen LogP) is 1.93. The zero-order valence-corrected chi connectivity index (χ0v) is 16.1. The van der Waals surface area contributed by atoms with E-state index < -0.39 is 4.92 Å². The minimum absolute atomic E-state index is 0.0181. The first-order chi connectivity index (χ1) is 13.9. The summed E-state index contributed by atoms with van der Waals surface area (Å²) < 4.78 is 0. The topological polar surface area (TPSA) is 131 Å². The number of hydrogen-bond donors (Lipinski definition) is 2. The number of nitrogens with two attached hydrogens (primary N) is 1. The van der Waals surface area contributed by atoms with Gasteiger partial charge < -0.3 is 16.0 Å². The predicted molar refractivity (Wildman–Crippen MR) is 107 cm³/mol. The smallest absolute Gasteiger partial charge is 0.272 e. The van der Waals surface area contributed by atoms with Crippen LogP contribution in [0.15, 0.2) is 36.5 Å². The number of carbonyl (C=O) groups excluding carboxylic acids is 2. The number of nitro benzene ring substituents is 1. The van der Waals surface area contributed by atoms with Crippen molar-refractivity contribution in [3.8, 4) is 0 Å². The van der Waals surface area contributed by atoms with Crippen LogP contribution in [-0.2, 0) is 11.3 Å². The van der Waals surface area contributed by atoms with E-state index in [2.05, 4.69) is 15.2 Å². The van der Waals surface area contributed by atoms with Gasteiger partial charge in [-0.05, 0) is 38.0 Å². The number of pyridine rings is 1. The number of carbonyl (C=O) groups is 2. The van der Waals surface area contributed by atoms with Crippen molar-refractivity contribution in [2.75, 3.05) is 18.0 Å². The number of piperidine rings is 1. The maximum atomic E-state index is 12.5. The zero-order chi connectivity index (χ0) is 21.0. The van der Waals surface area contributed by atoms with E-state index in [1.54, 1.807) is 19.2 Å². The molecule has 2 amide bonds. The normalized spacial score (nSPS) is 14.4. The number of anilines is 1. The summed E-state index contributed by atoms with van der Waals surface area (Å²) in [5.74, 6) is 0.0841. The van der Waals surface area contributed by atoms with Crippen molar-refractivity contribution in [3.63, 3.8) is 0 Å². The molecule has 0 radical (unpaired) electrons. The lowest BCUT2D eigenvalue weighted by Gasteiger charge is -2.32. The van der Waals surface area contributed by atoms with Crippen LogP contribution in [0.3, 0.4) is 0 Å². The summed E-state index contributed by atoms with van der Waals surface area (Å²) in [6.07, 6.45) is 3.06. The van der Waals surface area contributed by atoms with Gasteiger partial charge >= 0.3 is 0 Å². The minimum atomic E-state index is -0.472. The van der Waals surface area contributed by atoms with Crippen LogP contribution < -0.4 is 16.0 Å². The number of primary amides is 1. The number of amides is 2. The SMILES string of the molecule is Cc1cc(C(=O)NCc2cccnc2N2CCC(C(N)=O)CC2)ccc1[N+](=O)[O-]. The fourth-order valence-electron chi connectivity index (χ4n) is 3.51. The Balaban J connectivity index is 1.67. The summed E-state index contributed by atoms with van der Waals surface area (Å²) in [4.78, 5) is 40.9. The van der Waals surface area contributed by atoms with Crippen LogP contribution in [0.4, 0.5) is 11.5 Å². The molecule has 2 aromatic rings. The highest BCUT2D eigenvalue weighted by atomic mass is 16.6. The Kier molecular flexibility index (Phi) is 6.06. The molecular weight excluding hydrogens is 374 g/mol. The highest BCUT2D eigenvalue weighted by Gasteiger charge is 2.25. The largest absolute Gasteiger partial charge is 0.369 e. The van der Waals surface area contributed by atoms with Crippen molar-refractivity contribution in [2.24, 2.45) is 11.7 Å².